The first-order chi connectivity index (χ1) is 8.47. The Bertz CT molecular complexity index is 658. The minimum absolute atomic E-state index is 0.156. The standard InChI is InChI=1S/C11H6Br2Cl2N2O/c12-6-3-7(13)11(18)17(4-6)5-9-8(14)1-2-10(15)16-9/h1-4H,5H2. The van der Waals surface area contributed by atoms with Gasteiger partial charge >= 0.3 is 0 Å². The molecule has 2 heterocycles. The number of hydrogen-bond acceptors (Lipinski definition) is 2. The molecule has 3 nitrogen and oxygen atoms in total. The topological polar surface area (TPSA) is 34.9 Å². The van der Waals surface area contributed by atoms with Crippen LogP contribution in [-0.4, -0.2) is 9.55 Å². The maximum absolute atomic E-state index is 11.9. The lowest BCUT2D eigenvalue weighted by Gasteiger charge is -2.08. The monoisotopic (exact) mass is 410 g/mol. The van der Waals surface area contributed by atoms with Crippen LogP contribution < -0.4 is 5.56 Å². The van der Waals surface area contributed by atoms with Crippen molar-refractivity contribution < 1.29 is 0 Å². The molecule has 7 heteroatoms. The number of pyridine rings is 2. The lowest BCUT2D eigenvalue weighted by atomic mass is 10.3. The molecule has 0 unspecified atom stereocenters. The highest BCUT2D eigenvalue weighted by Gasteiger charge is 2.08. The summed E-state index contributed by atoms with van der Waals surface area (Å²) in [6, 6.07) is 4.95. The van der Waals surface area contributed by atoms with Crippen LogP contribution >= 0.6 is 55.1 Å². The number of nitrogens with zero attached hydrogens (tertiary/aromatic N) is 2. The molecule has 2 aromatic heterocycles. The third-order valence-electron chi connectivity index (χ3n) is 2.21. The Morgan fingerprint density at radius 3 is 2.72 bits per heavy atom. The molecule has 94 valence electrons. The van der Waals surface area contributed by atoms with Crippen LogP contribution in [0.3, 0.4) is 0 Å². The molecule has 0 saturated heterocycles. The minimum Gasteiger partial charge on any atom is -0.307 e. The first-order valence-electron chi connectivity index (χ1n) is 4.84. The summed E-state index contributed by atoms with van der Waals surface area (Å²) in [6.45, 7) is 0.260. The van der Waals surface area contributed by atoms with Crippen molar-refractivity contribution >= 4 is 55.1 Å². The summed E-state index contributed by atoms with van der Waals surface area (Å²) >= 11 is 18.4. The van der Waals surface area contributed by atoms with Crippen LogP contribution in [-0.2, 0) is 6.54 Å². The number of halogens is 4. The van der Waals surface area contributed by atoms with Crippen molar-refractivity contribution in [3.63, 3.8) is 0 Å². The van der Waals surface area contributed by atoms with Crippen molar-refractivity contribution in [2.75, 3.05) is 0 Å². The third kappa shape index (κ3) is 3.15. The molecule has 0 saturated carbocycles. The molecule has 0 fully saturated rings. The van der Waals surface area contributed by atoms with Crippen LogP contribution in [0, 0.1) is 0 Å². The van der Waals surface area contributed by atoms with Crippen LogP contribution in [0.1, 0.15) is 5.69 Å². The molecule has 0 aliphatic carbocycles. The van der Waals surface area contributed by atoms with E-state index in [0.29, 0.717) is 20.3 Å². The van der Waals surface area contributed by atoms with Gasteiger partial charge < -0.3 is 4.57 Å². The van der Waals surface area contributed by atoms with Crippen molar-refractivity contribution in [2.45, 2.75) is 6.54 Å². The summed E-state index contributed by atoms with van der Waals surface area (Å²) in [5, 5.41) is 0.818. The maximum atomic E-state index is 11.9. The fraction of sp³-hybridized carbons (Fsp3) is 0.0909. The van der Waals surface area contributed by atoms with Crippen LogP contribution in [0.25, 0.3) is 0 Å². The first-order valence-corrected chi connectivity index (χ1v) is 7.18. The van der Waals surface area contributed by atoms with Crippen LogP contribution in [0.4, 0.5) is 0 Å². The van der Waals surface area contributed by atoms with Gasteiger partial charge in [0.05, 0.1) is 21.7 Å². The highest BCUT2D eigenvalue weighted by atomic mass is 79.9. The van der Waals surface area contributed by atoms with Gasteiger partial charge in [-0.2, -0.15) is 0 Å². The molecular formula is C11H6Br2Cl2N2O. The molecule has 0 aromatic carbocycles. The van der Waals surface area contributed by atoms with Gasteiger partial charge in [-0.3, -0.25) is 4.79 Å². The van der Waals surface area contributed by atoms with Crippen molar-refractivity contribution in [3.05, 3.63) is 59.6 Å². The number of aromatic nitrogens is 2. The van der Waals surface area contributed by atoms with Crippen molar-refractivity contribution in [1.82, 2.24) is 9.55 Å². The Hall–Kier alpha value is -0.360. The van der Waals surface area contributed by atoms with Gasteiger partial charge in [0.25, 0.3) is 5.56 Å². The molecule has 0 aliphatic heterocycles. The van der Waals surface area contributed by atoms with Crippen molar-refractivity contribution in [3.8, 4) is 0 Å². The first kappa shape index (κ1) is 14.1. The Morgan fingerprint density at radius 1 is 1.28 bits per heavy atom. The second-order valence-electron chi connectivity index (χ2n) is 3.50. The minimum atomic E-state index is -0.156. The van der Waals surface area contributed by atoms with Crippen molar-refractivity contribution in [2.24, 2.45) is 0 Å². The highest BCUT2D eigenvalue weighted by molar-refractivity contribution is 9.11. The molecule has 0 bridgehead atoms. The normalized spacial score (nSPS) is 10.7. The van der Waals surface area contributed by atoms with Gasteiger partial charge in [-0.1, -0.05) is 23.2 Å². The summed E-state index contributed by atoms with van der Waals surface area (Å²) < 4.78 is 2.75. The summed E-state index contributed by atoms with van der Waals surface area (Å²) in [6.07, 6.45) is 1.67. The van der Waals surface area contributed by atoms with Crippen LogP contribution in [0.5, 0.6) is 0 Å². The zero-order chi connectivity index (χ0) is 13.3. The fourth-order valence-corrected chi connectivity index (χ4v) is 3.00. The van der Waals surface area contributed by atoms with E-state index in [0.717, 1.165) is 4.47 Å². The molecular weight excluding hydrogens is 407 g/mol. The molecule has 0 radical (unpaired) electrons. The lowest BCUT2D eigenvalue weighted by Crippen LogP contribution is -2.21. The van der Waals surface area contributed by atoms with E-state index in [9.17, 15) is 4.79 Å². The van der Waals surface area contributed by atoms with E-state index in [1.807, 2.05) is 0 Å². The third-order valence-corrected chi connectivity index (χ3v) is 3.77. The second-order valence-corrected chi connectivity index (χ2v) is 6.07. The largest absolute Gasteiger partial charge is 0.307 e. The van der Waals surface area contributed by atoms with Crippen LogP contribution in [0.15, 0.2) is 38.1 Å². The van der Waals surface area contributed by atoms with Crippen molar-refractivity contribution in [1.29, 1.82) is 0 Å². The molecule has 0 N–H and O–H groups in total. The Morgan fingerprint density at radius 2 is 2.00 bits per heavy atom. The Balaban J connectivity index is 2.46. The summed E-state index contributed by atoms with van der Waals surface area (Å²) in [5.74, 6) is 0. The lowest BCUT2D eigenvalue weighted by molar-refractivity contribution is 0.733. The van der Waals surface area contributed by atoms with E-state index in [1.54, 1.807) is 24.4 Å². The fourth-order valence-electron chi connectivity index (χ4n) is 1.41. The molecule has 0 aliphatic rings. The van der Waals surface area contributed by atoms with Crippen LogP contribution in [0.2, 0.25) is 10.2 Å². The Kier molecular flexibility index (Phi) is 4.48. The molecule has 0 atom stereocenters. The van der Waals surface area contributed by atoms with Gasteiger partial charge in [0.2, 0.25) is 0 Å². The molecule has 2 rings (SSSR count). The molecule has 2 aromatic rings. The van der Waals surface area contributed by atoms with E-state index in [-0.39, 0.29) is 12.1 Å². The van der Waals surface area contributed by atoms with E-state index in [2.05, 4.69) is 36.8 Å². The van der Waals surface area contributed by atoms with E-state index in [4.69, 9.17) is 23.2 Å². The van der Waals surface area contributed by atoms with Gasteiger partial charge in [-0.25, -0.2) is 4.98 Å². The summed E-state index contributed by atoms with van der Waals surface area (Å²) in [5.41, 5.74) is 0.396. The number of hydrogen-bond donors (Lipinski definition) is 0. The average Bonchev–Trinajstić information content (AvgIpc) is 2.30. The van der Waals surface area contributed by atoms with E-state index >= 15 is 0 Å². The SMILES string of the molecule is O=c1c(Br)cc(Br)cn1Cc1nc(Cl)ccc1Cl. The average molecular weight is 413 g/mol. The molecule has 0 spiro atoms. The van der Waals surface area contributed by atoms with E-state index in [1.165, 1.54) is 4.57 Å². The molecule has 18 heavy (non-hydrogen) atoms. The predicted octanol–water partition coefficient (Wildman–Crippen LogP) is 4.12. The molecule has 0 amide bonds. The summed E-state index contributed by atoms with van der Waals surface area (Å²) in [4.78, 5) is 16.0. The van der Waals surface area contributed by atoms with Gasteiger partial charge in [0, 0.05) is 10.7 Å². The smallest absolute Gasteiger partial charge is 0.265 e. The quantitative estimate of drug-likeness (QED) is 0.695. The van der Waals surface area contributed by atoms with Gasteiger partial charge in [0.15, 0.2) is 0 Å². The maximum Gasteiger partial charge on any atom is 0.265 e. The predicted molar refractivity (Wildman–Crippen MR) is 79.5 cm³/mol. The van der Waals surface area contributed by atoms with Gasteiger partial charge in [-0.05, 0) is 50.1 Å². The highest BCUT2D eigenvalue weighted by Crippen LogP contribution is 2.19. The summed E-state index contributed by atoms with van der Waals surface area (Å²) in [7, 11) is 0. The Labute approximate surface area is 130 Å². The second kappa shape index (κ2) is 5.74. The van der Waals surface area contributed by atoms with Gasteiger partial charge in [-0.15, -0.1) is 0 Å². The van der Waals surface area contributed by atoms with Gasteiger partial charge in [0.1, 0.15) is 5.15 Å². The zero-order valence-corrected chi connectivity index (χ0v) is 13.5. The van der Waals surface area contributed by atoms with E-state index < -0.39 is 0 Å². The number of rotatable bonds is 2. The zero-order valence-electron chi connectivity index (χ0n) is 8.83.